The zero-order valence-electron chi connectivity index (χ0n) is 18.6. The van der Waals surface area contributed by atoms with Crippen LogP contribution in [0.1, 0.15) is 28.7 Å². The molecule has 182 valence electrons. The first-order valence-electron chi connectivity index (χ1n) is 10.7. The molecule has 1 unspecified atom stereocenters. The zero-order chi connectivity index (χ0) is 25.2. The van der Waals surface area contributed by atoms with Crippen molar-refractivity contribution in [3.8, 4) is 11.1 Å². The molecule has 0 fully saturated rings. The number of aromatic nitrogens is 2. The number of aliphatic carboxylic acids is 1. The Morgan fingerprint density at radius 1 is 1.11 bits per heavy atom. The molecule has 0 radical (unpaired) electrons. The maximum atomic E-state index is 13.4. The number of carbonyl (C=O) groups is 3. The van der Waals surface area contributed by atoms with Gasteiger partial charge in [-0.3, -0.25) is 9.48 Å². The van der Waals surface area contributed by atoms with Crippen molar-refractivity contribution in [2.75, 3.05) is 13.2 Å². The van der Waals surface area contributed by atoms with Crippen LogP contribution < -0.4 is 10.6 Å². The van der Waals surface area contributed by atoms with Crippen molar-refractivity contribution in [2.24, 2.45) is 7.05 Å². The molecule has 0 saturated heterocycles. The number of ether oxygens (including phenoxy) is 1. The average Bonchev–Trinajstić information content (AvgIpc) is 3.41. The van der Waals surface area contributed by atoms with Crippen molar-refractivity contribution in [3.05, 3.63) is 77.6 Å². The molecule has 1 aliphatic carbocycles. The van der Waals surface area contributed by atoms with Crippen LogP contribution in [0.15, 0.2) is 60.9 Å². The third-order valence-electron chi connectivity index (χ3n) is 5.72. The second kappa shape index (κ2) is 9.53. The highest BCUT2D eigenvalue weighted by Gasteiger charge is 2.40. The van der Waals surface area contributed by atoms with Crippen molar-refractivity contribution >= 4 is 18.0 Å². The molecule has 35 heavy (non-hydrogen) atoms. The van der Waals surface area contributed by atoms with Crippen molar-refractivity contribution in [3.63, 3.8) is 0 Å². The Bertz CT molecular complexity index is 1230. The number of benzene rings is 2. The summed E-state index contributed by atoms with van der Waals surface area (Å²) in [6.07, 6.45) is 1.76. The van der Waals surface area contributed by atoms with Gasteiger partial charge in [-0.1, -0.05) is 48.5 Å². The van der Waals surface area contributed by atoms with E-state index in [2.05, 4.69) is 10.4 Å². The number of carboxylic acid groups (broad SMARTS) is 1. The molecule has 1 aromatic heterocycles. The summed E-state index contributed by atoms with van der Waals surface area (Å²) in [5, 5.41) is 16.7. The molecule has 1 atom stereocenters. The van der Waals surface area contributed by atoms with Gasteiger partial charge in [-0.25, -0.2) is 9.59 Å². The number of nitrogens with one attached hydrogen (secondary N) is 2. The molecule has 3 aromatic rings. The van der Waals surface area contributed by atoms with E-state index in [-0.39, 0.29) is 18.1 Å². The van der Waals surface area contributed by atoms with E-state index in [0.29, 0.717) is 0 Å². The SMILES string of the molecule is Cn1cc(C(NC(=O)OCC2c3ccccc3-c3ccccc32)C(=O)NCC(F)(F)C(=O)O)cn1. The van der Waals surface area contributed by atoms with Gasteiger partial charge in [0.25, 0.3) is 0 Å². The molecule has 4 rings (SSSR count). The summed E-state index contributed by atoms with van der Waals surface area (Å²) in [6.45, 7) is -1.46. The second-order valence-electron chi connectivity index (χ2n) is 8.08. The molecule has 0 saturated carbocycles. The van der Waals surface area contributed by atoms with E-state index in [1.165, 1.54) is 17.1 Å². The van der Waals surface area contributed by atoms with Gasteiger partial charge in [0.2, 0.25) is 5.91 Å². The molecule has 2 amide bonds. The third-order valence-corrected chi connectivity index (χ3v) is 5.72. The summed E-state index contributed by atoms with van der Waals surface area (Å²) in [5.74, 6) is -7.79. The number of hydrogen-bond acceptors (Lipinski definition) is 5. The van der Waals surface area contributed by atoms with Crippen LogP contribution in [-0.2, 0) is 21.4 Å². The van der Waals surface area contributed by atoms with Crippen LogP contribution in [0, 0.1) is 0 Å². The lowest BCUT2D eigenvalue weighted by Crippen LogP contribution is -2.47. The smallest absolute Gasteiger partial charge is 0.408 e. The minimum absolute atomic E-state index is 0.0156. The van der Waals surface area contributed by atoms with E-state index < -0.39 is 36.5 Å². The Balaban J connectivity index is 1.46. The lowest BCUT2D eigenvalue weighted by Gasteiger charge is -2.20. The Morgan fingerprint density at radius 3 is 2.26 bits per heavy atom. The van der Waals surface area contributed by atoms with Crippen molar-refractivity contribution in [1.82, 2.24) is 20.4 Å². The molecule has 3 N–H and O–H groups in total. The number of halogens is 2. The molecule has 1 aliphatic rings. The molecule has 2 aromatic carbocycles. The predicted octanol–water partition coefficient (Wildman–Crippen LogP) is 2.84. The van der Waals surface area contributed by atoms with E-state index in [1.54, 1.807) is 7.05 Å². The topological polar surface area (TPSA) is 123 Å². The molecule has 11 heteroatoms. The number of carbonyl (C=O) groups excluding carboxylic acids is 2. The third kappa shape index (κ3) is 4.98. The van der Waals surface area contributed by atoms with Gasteiger partial charge in [0.1, 0.15) is 12.6 Å². The maximum Gasteiger partial charge on any atom is 0.408 e. The first-order valence-corrected chi connectivity index (χ1v) is 10.7. The Morgan fingerprint density at radius 2 is 1.71 bits per heavy atom. The molecule has 0 aliphatic heterocycles. The van der Waals surface area contributed by atoms with Crippen molar-refractivity contribution in [2.45, 2.75) is 17.9 Å². The van der Waals surface area contributed by atoms with E-state index in [4.69, 9.17) is 9.84 Å². The zero-order valence-corrected chi connectivity index (χ0v) is 18.6. The average molecular weight is 484 g/mol. The Labute approximate surface area is 198 Å². The fourth-order valence-electron chi connectivity index (χ4n) is 4.02. The van der Waals surface area contributed by atoms with Gasteiger partial charge >= 0.3 is 18.0 Å². The largest absolute Gasteiger partial charge is 0.477 e. The van der Waals surface area contributed by atoms with Gasteiger partial charge in [-0.05, 0) is 22.3 Å². The van der Waals surface area contributed by atoms with Gasteiger partial charge < -0.3 is 20.5 Å². The van der Waals surface area contributed by atoms with Gasteiger partial charge in [-0.2, -0.15) is 13.9 Å². The first-order chi connectivity index (χ1) is 16.7. The molecular formula is C24H22F2N4O5. The van der Waals surface area contributed by atoms with Gasteiger partial charge in [0, 0.05) is 24.7 Å². The number of rotatable bonds is 8. The monoisotopic (exact) mass is 484 g/mol. The summed E-state index contributed by atoms with van der Waals surface area (Å²) < 4.78 is 33.7. The summed E-state index contributed by atoms with van der Waals surface area (Å²) in [4.78, 5) is 35.9. The normalized spacial score (nSPS) is 13.5. The predicted molar refractivity (Wildman–Crippen MR) is 120 cm³/mol. The van der Waals surface area contributed by atoms with E-state index in [0.717, 1.165) is 22.3 Å². The maximum absolute atomic E-state index is 13.4. The number of aryl methyl sites for hydroxylation is 1. The van der Waals surface area contributed by atoms with E-state index in [1.807, 2.05) is 53.8 Å². The lowest BCUT2D eigenvalue weighted by molar-refractivity contribution is -0.164. The summed E-state index contributed by atoms with van der Waals surface area (Å²) in [5.41, 5.74) is 4.29. The van der Waals surface area contributed by atoms with Crippen LogP contribution in [-0.4, -0.2) is 51.9 Å². The van der Waals surface area contributed by atoms with E-state index >= 15 is 0 Å². The van der Waals surface area contributed by atoms with Gasteiger partial charge in [0.05, 0.1) is 12.7 Å². The Hall–Kier alpha value is -4.28. The number of alkyl carbamates (subject to hydrolysis) is 1. The number of carboxylic acids is 1. The quantitative estimate of drug-likeness (QED) is 0.452. The number of fused-ring (bicyclic) bond motifs is 3. The fraction of sp³-hybridized carbons (Fsp3) is 0.250. The minimum atomic E-state index is -4.17. The van der Waals surface area contributed by atoms with Crippen LogP contribution >= 0.6 is 0 Å². The highest BCUT2D eigenvalue weighted by molar-refractivity contribution is 5.87. The molecule has 0 bridgehead atoms. The summed E-state index contributed by atoms with van der Waals surface area (Å²) >= 11 is 0. The number of alkyl halides is 2. The minimum Gasteiger partial charge on any atom is -0.477 e. The van der Waals surface area contributed by atoms with Crippen LogP contribution in [0.25, 0.3) is 11.1 Å². The number of hydrogen-bond donors (Lipinski definition) is 3. The molecule has 0 spiro atoms. The van der Waals surface area contributed by atoms with Gasteiger partial charge in [0.15, 0.2) is 0 Å². The standard InChI is InChI=1S/C24H22F2N4O5/c1-30-11-14(10-28-30)20(21(31)27-13-24(25,26)22(32)33)29-23(34)35-12-19-17-8-4-2-6-15(17)16-7-3-5-9-18(16)19/h2-11,19-20H,12-13H2,1H3,(H,27,31)(H,29,34)(H,32,33). The van der Waals surface area contributed by atoms with Crippen LogP contribution in [0.4, 0.5) is 13.6 Å². The van der Waals surface area contributed by atoms with Crippen LogP contribution in [0.2, 0.25) is 0 Å². The molecular weight excluding hydrogens is 462 g/mol. The number of amides is 2. The Kier molecular flexibility index (Phi) is 6.50. The molecule has 9 nitrogen and oxygen atoms in total. The summed E-state index contributed by atoms with van der Waals surface area (Å²) in [6, 6.07) is 14.1. The highest BCUT2D eigenvalue weighted by Crippen LogP contribution is 2.44. The van der Waals surface area contributed by atoms with Crippen molar-refractivity contribution < 1.29 is 33.0 Å². The first kappa shape index (κ1) is 23.9. The van der Waals surface area contributed by atoms with Crippen LogP contribution in [0.5, 0.6) is 0 Å². The van der Waals surface area contributed by atoms with E-state index in [9.17, 15) is 23.2 Å². The second-order valence-corrected chi connectivity index (χ2v) is 8.08. The fourth-order valence-corrected chi connectivity index (χ4v) is 4.02. The van der Waals surface area contributed by atoms with Crippen LogP contribution in [0.3, 0.4) is 0 Å². The highest BCUT2D eigenvalue weighted by atomic mass is 19.3. The lowest BCUT2D eigenvalue weighted by atomic mass is 9.98. The van der Waals surface area contributed by atoms with Gasteiger partial charge in [-0.15, -0.1) is 0 Å². The number of nitrogens with zero attached hydrogens (tertiary/aromatic N) is 2. The summed E-state index contributed by atoms with van der Waals surface area (Å²) in [7, 11) is 1.57. The van der Waals surface area contributed by atoms with Crippen molar-refractivity contribution in [1.29, 1.82) is 0 Å². The molecule has 1 heterocycles.